The highest BCUT2D eigenvalue weighted by Gasteiger charge is 1.97. The summed E-state index contributed by atoms with van der Waals surface area (Å²) in [6.07, 6.45) is 8.18. The van der Waals surface area contributed by atoms with Crippen LogP contribution in [0.3, 0.4) is 0 Å². The Morgan fingerprint density at radius 3 is 2.78 bits per heavy atom. The van der Waals surface area contributed by atoms with Gasteiger partial charge in [0.25, 0.3) is 0 Å². The van der Waals surface area contributed by atoms with Crippen molar-refractivity contribution in [1.82, 2.24) is 19.5 Å². The zero-order valence-electron chi connectivity index (χ0n) is 10.5. The predicted molar refractivity (Wildman–Crippen MR) is 71.5 cm³/mol. The monoisotopic (exact) mass is 246 g/mol. The number of hydrogen-bond donors (Lipinski definition) is 2. The molecule has 6 nitrogen and oxygen atoms in total. The number of nitrogens with one attached hydrogen (secondary N) is 2. The largest absolute Gasteiger partial charge is 0.370 e. The molecular formula is C12H18N6. The van der Waals surface area contributed by atoms with Gasteiger partial charge in [0.15, 0.2) is 0 Å². The minimum Gasteiger partial charge on any atom is -0.370 e. The van der Waals surface area contributed by atoms with Gasteiger partial charge in [0.1, 0.15) is 18.0 Å². The first-order valence-electron chi connectivity index (χ1n) is 6.14. The zero-order valence-corrected chi connectivity index (χ0v) is 10.5. The molecule has 0 atom stereocenters. The standard InChI is InChI=1S/C12H18N6/c1-2-14-11-8-12(17-9-16-11)15-4-3-6-18-7-5-13-10-18/h5,7-10H,2-4,6H2,1H3,(H2,14,15,16,17). The lowest BCUT2D eigenvalue weighted by Crippen LogP contribution is -2.08. The van der Waals surface area contributed by atoms with Crippen LogP contribution in [0, 0.1) is 0 Å². The van der Waals surface area contributed by atoms with Crippen LogP contribution < -0.4 is 10.6 Å². The molecule has 0 fully saturated rings. The summed E-state index contributed by atoms with van der Waals surface area (Å²) in [6.45, 7) is 4.73. The second-order valence-electron chi connectivity index (χ2n) is 3.90. The van der Waals surface area contributed by atoms with Crippen molar-refractivity contribution < 1.29 is 0 Å². The molecule has 0 aliphatic carbocycles. The maximum atomic E-state index is 4.17. The SMILES string of the molecule is CCNc1cc(NCCCn2ccnc2)ncn1. The molecule has 0 amide bonds. The summed E-state index contributed by atoms with van der Waals surface area (Å²) >= 11 is 0. The minimum atomic E-state index is 0.851. The second kappa shape index (κ2) is 6.58. The number of anilines is 2. The van der Waals surface area contributed by atoms with E-state index in [9.17, 15) is 0 Å². The van der Waals surface area contributed by atoms with E-state index < -0.39 is 0 Å². The molecule has 2 N–H and O–H groups in total. The van der Waals surface area contributed by atoms with Gasteiger partial charge in [-0.1, -0.05) is 0 Å². The first kappa shape index (κ1) is 12.3. The Balaban J connectivity index is 1.74. The van der Waals surface area contributed by atoms with Gasteiger partial charge >= 0.3 is 0 Å². The lowest BCUT2D eigenvalue weighted by atomic mass is 10.4. The fraction of sp³-hybridized carbons (Fsp3) is 0.417. The van der Waals surface area contributed by atoms with E-state index >= 15 is 0 Å². The van der Waals surface area contributed by atoms with Gasteiger partial charge < -0.3 is 15.2 Å². The van der Waals surface area contributed by atoms with Crippen LogP contribution in [0.2, 0.25) is 0 Å². The summed E-state index contributed by atoms with van der Waals surface area (Å²) < 4.78 is 2.06. The van der Waals surface area contributed by atoms with Gasteiger partial charge in [0.05, 0.1) is 6.33 Å². The number of aromatic nitrogens is 4. The quantitative estimate of drug-likeness (QED) is 0.726. The van der Waals surface area contributed by atoms with Gasteiger partial charge in [-0.2, -0.15) is 0 Å². The van der Waals surface area contributed by atoms with Crippen molar-refractivity contribution in [3.05, 3.63) is 31.1 Å². The summed E-state index contributed by atoms with van der Waals surface area (Å²) in [4.78, 5) is 12.3. The van der Waals surface area contributed by atoms with Gasteiger partial charge in [0.2, 0.25) is 0 Å². The number of nitrogens with zero attached hydrogens (tertiary/aromatic N) is 4. The first-order valence-corrected chi connectivity index (χ1v) is 6.14. The molecule has 0 aliphatic rings. The van der Waals surface area contributed by atoms with Crippen LogP contribution in [0.1, 0.15) is 13.3 Å². The van der Waals surface area contributed by atoms with Crippen LogP contribution in [0.15, 0.2) is 31.1 Å². The molecule has 0 aliphatic heterocycles. The molecule has 0 unspecified atom stereocenters. The molecule has 2 rings (SSSR count). The molecule has 0 aromatic carbocycles. The van der Waals surface area contributed by atoms with Crippen LogP contribution in [0.5, 0.6) is 0 Å². The Bertz CT molecular complexity index is 453. The smallest absolute Gasteiger partial charge is 0.131 e. The van der Waals surface area contributed by atoms with Crippen molar-refractivity contribution >= 4 is 11.6 Å². The topological polar surface area (TPSA) is 67.7 Å². The van der Waals surface area contributed by atoms with E-state index in [1.54, 1.807) is 12.5 Å². The molecule has 6 heteroatoms. The van der Waals surface area contributed by atoms with Gasteiger partial charge in [0, 0.05) is 38.1 Å². The van der Waals surface area contributed by atoms with E-state index in [2.05, 4.69) is 30.2 Å². The third-order valence-electron chi connectivity index (χ3n) is 2.48. The molecule has 2 aromatic heterocycles. The average molecular weight is 246 g/mol. The molecule has 2 heterocycles. The summed E-state index contributed by atoms with van der Waals surface area (Å²) in [5.41, 5.74) is 0. The molecule has 18 heavy (non-hydrogen) atoms. The van der Waals surface area contributed by atoms with Crippen LogP contribution in [0.25, 0.3) is 0 Å². The van der Waals surface area contributed by atoms with Crippen molar-refractivity contribution in [3.8, 4) is 0 Å². The summed E-state index contributed by atoms with van der Waals surface area (Å²) in [7, 11) is 0. The minimum absolute atomic E-state index is 0.851. The van der Waals surface area contributed by atoms with E-state index in [0.717, 1.165) is 37.7 Å². The lowest BCUT2D eigenvalue weighted by Gasteiger charge is -2.07. The Kier molecular flexibility index (Phi) is 4.52. The molecule has 0 saturated heterocycles. The number of aryl methyl sites for hydroxylation is 1. The van der Waals surface area contributed by atoms with Crippen molar-refractivity contribution in [2.75, 3.05) is 23.7 Å². The Labute approximate surface area is 106 Å². The number of imidazole rings is 1. The normalized spacial score (nSPS) is 10.3. The molecule has 0 bridgehead atoms. The van der Waals surface area contributed by atoms with E-state index in [1.807, 2.05) is 25.5 Å². The van der Waals surface area contributed by atoms with Crippen LogP contribution in [-0.4, -0.2) is 32.6 Å². The highest BCUT2D eigenvalue weighted by Crippen LogP contribution is 2.08. The fourth-order valence-corrected chi connectivity index (χ4v) is 1.63. The van der Waals surface area contributed by atoms with Gasteiger partial charge in [-0.25, -0.2) is 15.0 Å². The molecule has 0 radical (unpaired) electrons. The molecule has 2 aromatic rings. The Morgan fingerprint density at radius 2 is 2.06 bits per heavy atom. The van der Waals surface area contributed by atoms with Gasteiger partial charge in [-0.3, -0.25) is 0 Å². The lowest BCUT2D eigenvalue weighted by molar-refractivity contribution is 0.660. The van der Waals surface area contributed by atoms with Crippen LogP contribution in [-0.2, 0) is 6.54 Å². The molecule has 96 valence electrons. The molecule has 0 saturated carbocycles. The summed E-state index contributed by atoms with van der Waals surface area (Å²) in [5.74, 6) is 1.70. The van der Waals surface area contributed by atoms with Crippen molar-refractivity contribution in [2.45, 2.75) is 19.9 Å². The van der Waals surface area contributed by atoms with E-state index in [0.29, 0.717) is 0 Å². The first-order chi connectivity index (χ1) is 8.88. The summed E-state index contributed by atoms with van der Waals surface area (Å²) in [6, 6.07) is 1.92. The van der Waals surface area contributed by atoms with Crippen LogP contribution >= 0.6 is 0 Å². The van der Waals surface area contributed by atoms with Crippen molar-refractivity contribution in [1.29, 1.82) is 0 Å². The highest BCUT2D eigenvalue weighted by atomic mass is 15.1. The number of rotatable bonds is 7. The van der Waals surface area contributed by atoms with Crippen LogP contribution in [0.4, 0.5) is 11.6 Å². The predicted octanol–water partition coefficient (Wildman–Crippen LogP) is 1.61. The number of hydrogen-bond acceptors (Lipinski definition) is 5. The highest BCUT2D eigenvalue weighted by molar-refractivity contribution is 5.46. The third kappa shape index (κ3) is 3.73. The summed E-state index contributed by atoms with van der Waals surface area (Å²) in [5, 5.41) is 6.44. The Hall–Kier alpha value is -2.11. The zero-order chi connectivity index (χ0) is 12.6. The van der Waals surface area contributed by atoms with Gasteiger partial charge in [-0.05, 0) is 13.3 Å². The maximum absolute atomic E-state index is 4.17. The second-order valence-corrected chi connectivity index (χ2v) is 3.90. The molecular weight excluding hydrogens is 228 g/mol. The maximum Gasteiger partial charge on any atom is 0.131 e. The third-order valence-corrected chi connectivity index (χ3v) is 2.48. The molecule has 0 spiro atoms. The van der Waals surface area contributed by atoms with E-state index in [-0.39, 0.29) is 0 Å². The van der Waals surface area contributed by atoms with Crippen molar-refractivity contribution in [3.63, 3.8) is 0 Å². The van der Waals surface area contributed by atoms with Gasteiger partial charge in [-0.15, -0.1) is 0 Å². The van der Waals surface area contributed by atoms with Crippen molar-refractivity contribution in [2.24, 2.45) is 0 Å². The Morgan fingerprint density at radius 1 is 1.22 bits per heavy atom. The van der Waals surface area contributed by atoms with E-state index in [4.69, 9.17) is 0 Å². The fourth-order valence-electron chi connectivity index (χ4n) is 1.63. The van der Waals surface area contributed by atoms with E-state index in [1.165, 1.54) is 0 Å². The average Bonchev–Trinajstić information content (AvgIpc) is 2.89.